The van der Waals surface area contributed by atoms with E-state index < -0.39 is 0 Å². The minimum Gasteiger partial charge on any atom is -0.493 e. The van der Waals surface area contributed by atoms with Gasteiger partial charge in [0.15, 0.2) is 11.5 Å². The first kappa shape index (κ1) is 20.7. The minimum absolute atomic E-state index is 0.0917. The number of benzene rings is 2. The molecule has 2 atom stereocenters. The number of carbonyl (C=O) groups is 1. The van der Waals surface area contributed by atoms with E-state index in [-0.39, 0.29) is 17.9 Å². The predicted octanol–water partition coefficient (Wildman–Crippen LogP) is 4.35. The Morgan fingerprint density at radius 1 is 1.16 bits per heavy atom. The van der Waals surface area contributed by atoms with Crippen LogP contribution in [0.3, 0.4) is 0 Å². The van der Waals surface area contributed by atoms with Gasteiger partial charge >= 0.3 is 0 Å². The summed E-state index contributed by atoms with van der Waals surface area (Å²) in [6.07, 6.45) is 4.66. The molecule has 1 amide bonds. The second-order valence-electron chi connectivity index (χ2n) is 8.62. The van der Waals surface area contributed by atoms with Crippen molar-refractivity contribution < 1.29 is 19.0 Å². The van der Waals surface area contributed by atoms with Crippen molar-refractivity contribution in [3.8, 4) is 28.4 Å². The largest absolute Gasteiger partial charge is 0.493 e. The average Bonchev–Trinajstić information content (AvgIpc) is 3.39. The first-order chi connectivity index (χ1) is 15.6. The van der Waals surface area contributed by atoms with Gasteiger partial charge in [-0.3, -0.25) is 4.79 Å². The van der Waals surface area contributed by atoms with E-state index in [0.717, 1.165) is 27.9 Å². The van der Waals surface area contributed by atoms with Gasteiger partial charge < -0.3 is 24.1 Å². The third-order valence-corrected chi connectivity index (χ3v) is 6.36. The number of methoxy groups -OCH3 is 1. The van der Waals surface area contributed by atoms with E-state index in [1.54, 1.807) is 7.11 Å². The van der Waals surface area contributed by atoms with Crippen LogP contribution in [0.2, 0.25) is 0 Å². The summed E-state index contributed by atoms with van der Waals surface area (Å²) in [5.74, 6) is 2.47. The average molecular weight is 436 g/mol. The van der Waals surface area contributed by atoms with Crippen LogP contribution in [0.5, 0.6) is 17.2 Å². The molecule has 7 heteroatoms. The van der Waals surface area contributed by atoms with Crippen LogP contribution in [-0.4, -0.2) is 41.8 Å². The van der Waals surface area contributed by atoms with Gasteiger partial charge in [0, 0.05) is 24.9 Å². The standard InChI is InChI=1S/C25H29N3O4/c1-4-31-22-10-16(5-8-21(22)30-3)17-9-20-25(28(14-27-20)19-6-7-19)23(11-17)32-15(2)18-12-24(29)26-13-18/h5,8-11,14-15,18-19H,4,6-7,12-13H2,1-3H3,(H,26,29). The molecule has 1 aliphatic heterocycles. The van der Waals surface area contributed by atoms with E-state index in [1.165, 1.54) is 12.8 Å². The van der Waals surface area contributed by atoms with Crippen LogP contribution >= 0.6 is 0 Å². The summed E-state index contributed by atoms with van der Waals surface area (Å²) >= 11 is 0. The summed E-state index contributed by atoms with van der Waals surface area (Å²) in [6, 6.07) is 10.6. The number of aromatic nitrogens is 2. The smallest absolute Gasteiger partial charge is 0.220 e. The zero-order chi connectivity index (χ0) is 22.2. The van der Waals surface area contributed by atoms with Gasteiger partial charge in [-0.15, -0.1) is 0 Å². The maximum absolute atomic E-state index is 11.7. The van der Waals surface area contributed by atoms with Crippen LogP contribution in [0.25, 0.3) is 22.2 Å². The summed E-state index contributed by atoms with van der Waals surface area (Å²) in [5, 5.41) is 2.91. The van der Waals surface area contributed by atoms with Gasteiger partial charge in [0.05, 0.1) is 25.6 Å². The lowest BCUT2D eigenvalue weighted by Gasteiger charge is -2.21. The first-order valence-electron chi connectivity index (χ1n) is 11.3. The quantitative estimate of drug-likeness (QED) is 0.569. The normalized spacial score (nSPS) is 19.1. The fourth-order valence-electron chi connectivity index (χ4n) is 4.40. The highest BCUT2D eigenvalue weighted by molar-refractivity contribution is 5.88. The van der Waals surface area contributed by atoms with Gasteiger partial charge in [0.1, 0.15) is 17.4 Å². The molecule has 5 rings (SSSR count). The van der Waals surface area contributed by atoms with Crippen molar-refractivity contribution >= 4 is 16.9 Å². The maximum atomic E-state index is 11.7. The van der Waals surface area contributed by atoms with Gasteiger partial charge in [-0.05, 0) is 62.1 Å². The number of nitrogens with one attached hydrogen (secondary N) is 1. The molecule has 1 aliphatic carbocycles. The number of amides is 1. The molecule has 32 heavy (non-hydrogen) atoms. The number of rotatable bonds is 8. The van der Waals surface area contributed by atoms with E-state index in [1.807, 2.05) is 38.4 Å². The Labute approximate surface area is 187 Å². The second kappa shape index (κ2) is 8.37. The van der Waals surface area contributed by atoms with Gasteiger partial charge in [-0.2, -0.15) is 0 Å². The Hall–Kier alpha value is -3.22. The van der Waals surface area contributed by atoms with Crippen LogP contribution in [0.1, 0.15) is 39.2 Å². The molecule has 2 unspecified atom stereocenters. The number of imidazole rings is 1. The van der Waals surface area contributed by atoms with Gasteiger partial charge in [-0.1, -0.05) is 6.07 Å². The van der Waals surface area contributed by atoms with Crippen molar-refractivity contribution in [2.45, 2.75) is 45.3 Å². The maximum Gasteiger partial charge on any atom is 0.220 e. The number of carbonyl (C=O) groups excluding carboxylic acids is 1. The number of fused-ring (bicyclic) bond motifs is 1. The predicted molar refractivity (Wildman–Crippen MR) is 122 cm³/mol. The van der Waals surface area contributed by atoms with E-state index in [9.17, 15) is 4.79 Å². The highest BCUT2D eigenvalue weighted by Gasteiger charge is 2.30. The Bertz CT molecular complexity index is 1150. The molecule has 1 saturated carbocycles. The van der Waals surface area contributed by atoms with Crippen LogP contribution in [0.15, 0.2) is 36.7 Å². The molecule has 7 nitrogen and oxygen atoms in total. The van der Waals surface area contributed by atoms with Gasteiger partial charge in [-0.25, -0.2) is 4.98 Å². The molecule has 3 aromatic rings. The number of hydrogen-bond acceptors (Lipinski definition) is 5. The number of nitrogens with zero attached hydrogens (tertiary/aromatic N) is 2. The fourth-order valence-corrected chi connectivity index (χ4v) is 4.40. The Balaban J connectivity index is 1.56. The molecular weight excluding hydrogens is 406 g/mol. The molecule has 2 aliphatic rings. The molecule has 1 aromatic heterocycles. The van der Waals surface area contributed by atoms with Crippen LogP contribution in [0.4, 0.5) is 0 Å². The van der Waals surface area contributed by atoms with Crippen molar-refractivity contribution in [3.05, 3.63) is 36.7 Å². The SMILES string of the molecule is CCOc1cc(-c2cc(OC(C)C3CNC(=O)C3)c3c(c2)ncn3C2CC2)ccc1OC. The fraction of sp³-hybridized carbons (Fsp3) is 0.440. The topological polar surface area (TPSA) is 74.6 Å². The van der Waals surface area contributed by atoms with Crippen molar-refractivity contribution in [2.24, 2.45) is 5.92 Å². The molecule has 0 spiro atoms. The summed E-state index contributed by atoms with van der Waals surface area (Å²) < 4.78 is 20.0. The molecule has 2 heterocycles. The zero-order valence-electron chi connectivity index (χ0n) is 18.8. The lowest BCUT2D eigenvalue weighted by molar-refractivity contribution is -0.119. The minimum atomic E-state index is -0.0928. The monoisotopic (exact) mass is 435 g/mol. The van der Waals surface area contributed by atoms with Crippen LogP contribution in [-0.2, 0) is 4.79 Å². The van der Waals surface area contributed by atoms with Crippen molar-refractivity contribution in [1.82, 2.24) is 14.9 Å². The Morgan fingerprint density at radius 3 is 2.66 bits per heavy atom. The molecular formula is C25H29N3O4. The Morgan fingerprint density at radius 2 is 1.97 bits per heavy atom. The molecule has 2 aromatic carbocycles. The lowest BCUT2D eigenvalue weighted by Crippen LogP contribution is -2.25. The van der Waals surface area contributed by atoms with Crippen molar-refractivity contribution in [2.75, 3.05) is 20.3 Å². The Kier molecular flexibility index (Phi) is 5.41. The second-order valence-corrected chi connectivity index (χ2v) is 8.62. The third kappa shape index (κ3) is 3.87. The van der Waals surface area contributed by atoms with Gasteiger partial charge in [0.25, 0.3) is 0 Å². The van der Waals surface area contributed by atoms with E-state index in [2.05, 4.69) is 22.0 Å². The summed E-state index contributed by atoms with van der Waals surface area (Å²) in [6.45, 7) is 5.21. The van der Waals surface area contributed by atoms with Crippen LogP contribution < -0.4 is 19.5 Å². The zero-order valence-corrected chi connectivity index (χ0v) is 18.8. The molecule has 1 saturated heterocycles. The summed E-state index contributed by atoms with van der Waals surface area (Å²) in [7, 11) is 1.64. The first-order valence-corrected chi connectivity index (χ1v) is 11.3. The lowest BCUT2D eigenvalue weighted by atomic mass is 10.0. The van der Waals surface area contributed by atoms with Gasteiger partial charge in [0.2, 0.25) is 5.91 Å². The molecule has 0 bridgehead atoms. The summed E-state index contributed by atoms with van der Waals surface area (Å²) in [4.78, 5) is 16.4. The van der Waals surface area contributed by atoms with Crippen molar-refractivity contribution in [1.29, 1.82) is 0 Å². The summed E-state index contributed by atoms with van der Waals surface area (Å²) in [5.41, 5.74) is 3.95. The van der Waals surface area contributed by atoms with E-state index >= 15 is 0 Å². The highest BCUT2D eigenvalue weighted by Crippen LogP contribution is 2.42. The van der Waals surface area contributed by atoms with E-state index in [4.69, 9.17) is 19.2 Å². The van der Waals surface area contributed by atoms with Crippen LogP contribution in [0, 0.1) is 5.92 Å². The number of ether oxygens (including phenoxy) is 3. The number of hydrogen-bond donors (Lipinski definition) is 1. The molecule has 1 N–H and O–H groups in total. The third-order valence-electron chi connectivity index (χ3n) is 6.36. The van der Waals surface area contributed by atoms with Crippen molar-refractivity contribution in [3.63, 3.8) is 0 Å². The van der Waals surface area contributed by atoms with E-state index in [0.29, 0.717) is 37.1 Å². The highest BCUT2D eigenvalue weighted by atomic mass is 16.5. The molecule has 168 valence electrons. The molecule has 0 radical (unpaired) electrons. The molecule has 2 fully saturated rings.